The van der Waals surface area contributed by atoms with Crippen LogP contribution in [0.25, 0.3) is 5.95 Å². The van der Waals surface area contributed by atoms with E-state index in [1.54, 1.807) is 11.8 Å². The molecule has 0 saturated carbocycles. The molecule has 0 fully saturated rings. The number of hydrogen-bond donors (Lipinski definition) is 2. The van der Waals surface area contributed by atoms with Gasteiger partial charge in [0, 0.05) is 24.4 Å². The molecule has 0 unspecified atom stereocenters. The average molecular weight is 339 g/mol. The van der Waals surface area contributed by atoms with Crippen molar-refractivity contribution < 1.29 is 4.74 Å². The van der Waals surface area contributed by atoms with Crippen LogP contribution in [0.4, 0.5) is 5.82 Å². The van der Waals surface area contributed by atoms with E-state index >= 15 is 0 Å². The summed E-state index contributed by atoms with van der Waals surface area (Å²) in [6.07, 6.45) is 0.686. The molecular weight excluding hydrogens is 318 g/mol. The fourth-order valence-electron chi connectivity index (χ4n) is 2.50. The molecule has 2 aromatic heterocycles. The van der Waals surface area contributed by atoms with Crippen LogP contribution < -0.4 is 15.6 Å². The molecule has 0 aliphatic heterocycles. The molecule has 0 aliphatic carbocycles. The molecule has 0 spiro atoms. The first-order valence-corrected chi connectivity index (χ1v) is 8.13. The average Bonchev–Trinajstić information content (AvgIpc) is 3.00. The van der Waals surface area contributed by atoms with Crippen LogP contribution in [0.15, 0.2) is 41.2 Å². The van der Waals surface area contributed by atoms with E-state index in [-0.39, 0.29) is 5.56 Å². The minimum Gasteiger partial charge on any atom is -0.497 e. The second-order valence-electron chi connectivity index (χ2n) is 5.70. The number of rotatable bonds is 6. The number of methoxy groups -OCH3 is 1. The zero-order valence-corrected chi connectivity index (χ0v) is 14.5. The molecule has 3 aromatic rings. The Morgan fingerprint density at radius 3 is 2.68 bits per heavy atom. The first-order valence-electron chi connectivity index (χ1n) is 8.13. The van der Waals surface area contributed by atoms with Crippen molar-refractivity contribution in [2.75, 3.05) is 12.4 Å². The lowest BCUT2D eigenvalue weighted by Crippen LogP contribution is -2.16. The summed E-state index contributed by atoms with van der Waals surface area (Å²) >= 11 is 0. The summed E-state index contributed by atoms with van der Waals surface area (Å²) in [5, 5.41) is 7.78. The monoisotopic (exact) mass is 339 g/mol. The highest BCUT2D eigenvalue weighted by molar-refractivity contribution is 5.43. The van der Waals surface area contributed by atoms with Crippen molar-refractivity contribution >= 4 is 5.82 Å². The van der Waals surface area contributed by atoms with E-state index in [1.807, 2.05) is 44.2 Å². The van der Waals surface area contributed by atoms with Crippen LogP contribution in [-0.2, 0) is 13.0 Å². The molecule has 1 aromatic carbocycles. The summed E-state index contributed by atoms with van der Waals surface area (Å²) in [5.41, 5.74) is 2.49. The predicted molar refractivity (Wildman–Crippen MR) is 96.4 cm³/mol. The van der Waals surface area contributed by atoms with E-state index in [2.05, 4.69) is 20.4 Å². The second kappa shape index (κ2) is 7.21. The molecule has 0 atom stereocenters. The van der Waals surface area contributed by atoms with Gasteiger partial charge in [-0.15, -0.1) is 0 Å². The second-order valence-corrected chi connectivity index (χ2v) is 5.70. The Labute approximate surface area is 145 Å². The van der Waals surface area contributed by atoms with Gasteiger partial charge in [-0.3, -0.25) is 9.78 Å². The van der Waals surface area contributed by atoms with Crippen LogP contribution in [0.5, 0.6) is 5.75 Å². The van der Waals surface area contributed by atoms with Gasteiger partial charge in [-0.25, -0.2) is 4.98 Å². The Balaban J connectivity index is 1.85. The first kappa shape index (κ1) is 16.8. The molecule has 7 heteroatoms. The standard InChI is InChI=1S/C18H21N5O2/c1-4-14-10-17(24)21-18(20-14)23-16(9-12(2)22-23)19-11-13-5-7-15(25-3)8-6-13/h5-10,19H,4,11H2,1-3H3,(H,20,21,24). The Morgan fingerprint density at radius 2 is 2.00 bits per heavy atom. The van der Waals surface area contributed by atoms with Crippen molar-refractivity contribution in [1.82, 2.24) is 19.7 Å². The van der Waals surface area contributed by atoms with E-state index in [9.17, 15) is 4.79 Å². The smallest absolute Gasteiger partial charge is 0.252 e. The highest BCUT2D eigenvalue weighted by Crippen LogP contribution is 2.17. The highest BCUT2D eigenvalue weighted by atomic mass is 16.5. The fraction of sp³-hybridized carbons (Fsp3) is 0.278. The molecule has 2 heterocycles. The molecule has 7 nitrogen and oxygen atoms in total. The summed E-state index contributed by atoms with van der Waals surface area (Å²) in [6.45, 7) is 4.48. The van der Waals surface area contributed by atoms with Gasteiger partial charge in [0.1, 0.15) is 11.6 Å². The summed E-state index contributed by atoms with van der Waals surface area (Å²) in [4.78, 5) is 19.0. The third-order valence-corrected chi connectivity index (χ3v) is 3.81. The van der Waals surface area contributed by atoms with E-state index in [0.29, 0.717) is 18.9 Å². The molecule has 0 radical (unpaired) electrons. The Bertz CT molecular complexity index is 912. The van der Waals surface area contributed by atoms with Gasteiger partial charge in [-0.2, -0.15) is 9.78 Å². The van der Waals surface area contributed by atoms with Gasteiger partial charge in [0.05, 0.1) is 12.8 Å². The molecule has 25 heavy (non-hydrogen) atoms. The van der Waals surface area contributed by atoms with E-state index in [1.165, 1.54) is 6.07 Å². The van der Waals surface area contributed by atoms with Gasteiger partial charge in [-0.1, -0.05) is 19.1 Å². The maximum atomic E-state index is 11.8. The van der Waals surface area contributed by atoms with Crippen molar-refractivity contribution in [3.05, 3.63) is 63.7 Å². The number of aryl methyl sites for hydroxylation is 2. The van der Waals surface area contributed by atoms with E-state index < -0.39 is 0 Å². The van der Waals surface area contributed by atoms with Crippen molar-refractivity contribution in [3.63, 3.8) is 0 Å². The zero-order chi connectivity index (χ0) is 17.8. The van der Waals surface area contributed by atoms with Crippen LogP contribution in [0.3, 0.4) is 0 Å². The number of H-pyrrole nitrogens is 1. The molecular formula is C18H21N5O2. The number of nitrogens with one attached hydrogen (secondary N) is 2. The predicted octanol–water partition coefficient (Wildman–Crippen LogP) is 2.45. The highest BCUT2D eigenvalue weighted by Gasteiger charge is 2.11. The van der Waals surface area contributed by atoms with E-state index in [4.69, 9.17) is 4.74 Å². The molecule has 0 amide bonds. The fourth-order valence-corrected chi connectivity index (χ4v) is 2.50. The molecule has 2 N–H and O–H groups in total. The van der Waals surface area contributed by atoms with Crippen LogP contribution in [0.2, 0.25) is 0 Å². The quantitative estimate of drug-likeness (QED) is 0.720. The van der Waals surface area contributed by atoms with Gasteiger partial charge in [0.25, 0.3) is 5.56 Å². The molecule has 3 rings (SSSR count). The first-order chi connectivity index (χ1) is 12.1. The number of anilines is 1. The molecule has 0 bridgehead atoms. The lowest BCUT2D eigenvalue weighted by Gasteiger charge is -2.10. The van der Waals surface area contributed by atoms with Crippen molar-refractivity contribution in [2.24, 2.45) is 0 Å². The number of aromatic nitrogens is 4. The molecule has 0 saturated heterocycles. The van der Waals surface area contributed by atoms with Gasteiger partial charge < -0.3 is 10.1 Å². The number of benzene rings is 1. The van der Waals surface area contributed by atoms with Crippen molar-refractivity contribution in [1.29, 1.82) is 0 Å². The van der Waals surface area contributed by atoms with Crippen LogP contribution in [-0.4, -0.2) is 26.9 Å². The summed E-state index contributed by atoms with van der Waals surface area (Å²) in [5.74, 6) is 2.00. The minimum atomic E-state index is -0.184. The van der Waals surface area contributed by atoms with Gasteiger partial charge in [0.15, 0.2) is 0 Å². The summed E-state index contributed by atoms with van der Waals surface area (Å²) in [7, 11) is 1.65. The Kier molecular flexibility index (Phi) is 4.83. The van der Waals surface area contributed by atoms with Crippen LogP contribution in [0, 0.1) is 6.92 Å². The van der Waals surface area contributed by atoms with Gasteiger partial charge >= 0.3 is 0 Å². The number of nitrogens with zero attached hydrogens (tertiary/aromatic N) is 3. The molecule has 130 valence electrons. The van der Waals surface area contributed by atoms with E-state index in [0.717, 1.165) is 28.5 Å². The largest absolute Gasteiger partial charge is 0.497 e. The minimum absolute atomic E-state index is 0.184. The Hall–Kier alpha value is -3.09. The number of ether oxygens (including phenoxy) is 1. The van der Waals surface area contributed by atoms with Crippen molar-refractivity contribution in [2.45, 2.75) is 26.8 Å². The summed E-state index contributed by atoms with van der Waals surface area (Å²) < 4.78 is 6.79. The van der Waals surface area contributed by atoms with Gasteiger partial charge in [0.2, 0.25) is 5.95 Å². The van der Waals surface area contributed by atoms with Crippen molar-refractivity contribution in [3.8, 4) is 11.7 Å². The molecule has 0 aliphatic rings. The lowest BCUT2D eigenvalue weighted by molar-refractivity contribution is 0.414. The van der Waals surface area contributed by atoms with Gasteiger partial charge in [-0.05, 0) is 31.0 Å². The summed E-state index contributed by atoms with van der Waals surface area (Å²) in [6, 6.07) is 11.3. The third-order valence-electron chi connectivity index (χ3n) is 3.81. The van der Waals surface area contributed by atoms with Crippen LogP contribution >= 0.6 is 0 Å². The lowest BCUT2D eigenvalue weighted by atomic mass is 10.2. The van der Waals surface area contributed by atoms with Crippen LogP contribution in [0.1, 0.15) is 23.9 Å². The normalized spacial score (nSPS) is 10.7. The topological polar surface area (TPSA) is 84.8 Å². The number of aromatic amines is 1. The number of hydrogen-bond acceptors (Lipinski definition) is 5. The maximum absolute atomic E-state index is 11.8. The Morgan fingerprint density at radius 1 is 1.24 bits per heavy atom. The zero-order valence-electron chi connectivity index (χ0n) is 14.5. The third kappa shape index (κ3) is 3.88. The SMILES string of the molecule is CCc1cc(=O)[nH]c(-n2nc(C)cc2NCc2ccc(OC)cc2)n1. The maximum Gasteiger partial charge on any atom is 0.252 e.